The van der Waals surface area contributed by atoms with Crippen molar-refractivity contribution in [3.8, 4) is 6.07 Å². The summed E-state index contributed by atoms with van der Waals surface area (Å²) in [5, 5.41) is 12.5. The summed E-state index contributed by atoms with van der Waals surface area (Å²) < 4.78 is 0. The van der Waals surface area contributed by atoms with Crippen molar-refractivity contribution >= 4 is 0 Å². The highest BCUT2D eigenvalue weighted by Crippen LogP contribution is 2.36. The van der Waals surface area contributed by atoms with Crippen molar-refractivity contribution in [2.24, 2.45) is 10.8 Å². The highest BCUT2D eigenvalue weighted by molar-refractivity contribution is 4.93. The van der Waals surface area contributed by atoms with Crippen LogP contribution in [-0.2, 0) is 0 Å². The molecule has 0 aliphatic heterocycles. The predicted molar refractivity (Wildman–Crippen MR) is 63.4 cm³/mol. The summed E-state index contributed by atoms with van der Waals surface area (Å²) in [4.78, 5) is 0. The first-order valence-electron chi connectivity index (χ1n) is 5.99. The molecular weight excluding hydrogens is 184 g/mol. The van der Waals surface area contributed by atoms with Gasteiger partial charge in [-0.2, -0.15) is 5.26 Å². The SMILES string of the molecule is CC(C)(C#N)CCNC1CCC(C)(C)C1. The molecule has 86 valence electrons. The second kappa shape index (κ2) is 4.53. The standard InChI is InChI=1S/C13H24N2/c1-12(2)6-5-11(9-12)15-8-7-13(3,4)10-14/h11,15H,5-9H2,1-4H3. The molecule has 0 aromatic rings. The van der Waals surface area contributed by atoms with Crippen molar-refractivity contribution in [2.75, 3.05) is 6.54 Å². The van der Waals surface area contributed by atoms with Crippen LogP contribution in [0.15, 0.2) is 0 Å². The molecule has 0 heterocycles. The van der Waals surface area contributed by atoms with E-state index >= 15 is 0 Å². The third kappa shape index (κ3) is 4.22. The fourth-order valence-corrected chi connectivity index (χ4v) is 2.26. The Morgan fingerprint density at radius 3 is 2.60 bits per heavy atom. The molecule has 0 bridgehead atoms. The Bertz CT molecular complexity index is 248. The van der Waals surface area contributed by atoms with E-state index in [1.165, 1.54) is 19.3 Å². The van der Waals surface area contributed by atoms with E-state index in [4.69, 9.17) is 5.26 Å². The van der Waals surface area contributed by atoms with E-state index in [0.29, 0.717) is 11.5 Å². The lowest BCUT2D eigenvalue weighted by molar-refractivity contribution is 0.355. The van der Waals surface area contributed by atoms with E-state index in [9.17, 15) is 0 Å². The van der Waals surface area contributed by atoms with E-state index in [2.05, 4.69) is 25.2 Å². The normalized spacial score (nSPS) is 25.1. The molecule has 0 aromatic heterocycles. The molecule has 2 nitrogen and oxygen atoms in total. The monoisotopic (exact) mass is 208 g/mol. The average Bonchev–Trinajstić information content (AvgIpc) is 2.45. The van der Waals surface area contributed by atoms with Crippen molar-refractivity contribution in [1.29, 1.82) is 5.26 Å². The summed E-state index contributed by atoms with van der Waals surface area (Å²) in [7, 11) is 0. The van der Waals surface area contributed by atoms with Crippen molar-refractivity contribution < 1.29 is 0 Å². The molecule has 1 aliphatic rings. The van der Waals surface area contributed by atoms with Gasteiger partial charge in [-0.3, -0.25) is 0 Å². The van der Waals surface area contributed by atoms with Crippen LogP contribution in [0.1, 0.15) is 53.4 Å². The van der Waals surface area contributed by atoms with Gasteiger partial charge in [0.1, 0.15) is 0 Å². The van der Waals surface area contributed by atoms with E-state index in [1.54, 1.807) is 0 Å². The van der Waals surface area contributed by atoms with Gasteiger partial charge < -0.3 is 5.32 Å². The molecule has 1 saturated carbocycles. The first kappa shape index (κ1) is 12.5. The van der Waals surface area contributed by atoms with Crippen LogP contribution >= 0.6 is 0 Å². The van der Waals surface area contributed by atoms with Gasteiger partial charge in [-0.15, -0.1) is 0 Å². The van der Waals surface area contributed by atoms with Gasteiger partial charge in [0.2, 0.25) is 0 Å². The first-order chi connectivity index (χ1) is 6.85. The number of nitriles is 1. The molecule has 2 heteroatoms. The smallest absolute Gasteiger partial charge is 0.0684 e. The number of hydrogen-bond acceptors (Lipinski definition) is 2. The van der Waals surface area contributed by atoms with Crippen LogP contribution in [-0.4, -0.2) is 12.6 Å². The van der Waals surface area contributed by atoms with Crippen molar-refractivity contribution in [3.63, 3.8) is 0 Å². The minimum Gasteiger partial charge on any atom is -0.314 e. The van der Waals surface area contributed by atoms with Crippen molar-refractivity contribution in [2.45, 2.75) is 59.4 Å². The summed E-state index contributed by atoms with van der Waals surface area (Å²) >= 11 is 0. The van der Waals surface area contributed by atoms with Crippen LogP contribution in [0.3, 0.4) is 0 Å². The Morgan fingerprint density at radius 2 is 2.13 bits per heavy atom. The topological polar surface area (TPSA) is 35.8 Å². The van der Waals surface area contributed by atoms with Crippen molar-refractivity contribution in [3.05, 3.63) is 0 Å². The van der Waals surface area contributed by atoms with Gasteiger partial charge in [-0.1, -0.05) is 13.8 Å². The summed E-state index contributed by atoms with van der Waals surface area (Å²) in [5.41, 5.74) is 0.337. The summed E-state index contributed by atoms with van der Waals surface area (Å²) in [6.45, 7) is 9.67. The molecule has 15 heavy (non-hydrogen) atoms. The summed E-state index contributed by atoms with van der Waals surface area (Å²) in [5.74, 6) is 0. The molecule has 1 atom stereocenters. The zero-order valence-corrected chi connectivity index (χ0v) is 10.6. The Balaban J connectivity index is 2.20. The second-order valence-electron chi connectivity index (χ2n) is 6.30. The Morgan fingerprint density at radius 1 is 1.47 bits per heavy atom. The van der Waals surface area contributed by atoms with Gasteiger partial charge >= 0.3 is 0 Å². The molecule has 0 radical (unpaired) electrons. The summed E-state index contributed by atoms with van der Waals surface area (Å²) in [6, 6.07) is 3.02. The van der Waals surface area contributed by atoms with Crippen LogP contribution < -0.4 is 5.32 Å². The molecular formula is C13H24N2. The van der Waals surface area contributed by atoms with Gasteiger partial charge in [0, 0.05) is 6.04 Å². The largest absolute Gasteiger partial charge is 0.314 e. The molecule has 0 saturated heterocycles. The lowest BCUT2D eigenvalue weighted by atomic mass is 9.91. The molecule has 0 aromatic carbocycles. The number of hydrogen-bond donors (Lipinski definition) is 1. The Kier molecular flexibility index (Phi) is 3.78. The average molecular weight is 208 g/mol. The van der Waals surface area contributed by atoms with Crippen LogP contribution in [0.2, 0.25) is 0 Å². The quantitative estimate of drug-likeness (QED) is 0.770. The molecule has 1 N–H and O–H groups in total. The third-order valence-corrected chi connectivity index (χ3v) is 3.45. The Hall–Kier alpha value is -0.550. The lowest BCUT2D eigenvalue weighted by Gasteiger charge is -2.20. The molecule has 1 aliphatic carbocycles. The number of nitrogens with one attached hydrogen (secondary N) is 1. The van der Waals surface area contributed by atoms with E-state index < -0.39 is 0 Å². The van der Waals surface area contributed by atoms with Gasteiger partial charge in [0.05, 0.1) is 11.5 Å². The highest BCUT2D eigenvalue weighted by Gasteiger charge is 2.30. The molecule has 1 unspecified atom stereocenters. The fourth-order valence-electron chi connectivity index (χ4n) is 2.26. The third-order valence-electron chi connectivity index (χ3n) is 3.45. The highest BCUT2D eigenvalue weighted by atomic mass is 14.9. The molecule has 1 rings (SSSR count). The molecule has 0 spiro atoms. The van der Waals surface area contributed by atoms with E-state index in [0.717, 1.165) is 13.0 Å². The van der Waals surface area contributed by atoms with E-state index in [-0.39, 0.29) is 5.41 Å². The predicted octanol–water partition coefficient (Wildman–Crippen LogP) is 3.09. The molecule has 1 fully saturated rings. The maximum absolute atomic E-state index is 8.89. The van der Waals surface area contributed by atoms with Crippen LogP contribution in [0, 0.1) is 22.2 Å². The minimum absolute atomic E-state index is 0.179. The van der Waals surface area contributed by atoms with Crippen LogP contribution in [0.4, 0.5) is 0 Å². The van der Waals surface area contributed by atoms with E-state index in [1.807, 2.05) is 13.8 Å². The zero-order chi connectivity index (χ0) is 11.5. The van der Waals surface area contributed by atoms with Gasteiger partial charge in [-0.25, -0.2) is 0 Å². The summed E-state index contributed by atoms with van der Waals surface area (Å²) in [6.07, 6.45) is 4.84. The van der Waals surface area contributed by atoms with Crippen LogP contribution in [0.5, 0.6) is 0 Å². The second-order valence-corrected chi connectivity index (χ2v) is 6.30. The van der Waals surface area contributed by atoms with Crippen LogP contribution in [0.25, 0.3) is 0 Å². The maximum Gasteiger partial charge on any atom is 0.0684 e. The minimum atomic E-state index is -0.179. The molecule has 0 amide bonds. The Labute approximate surface area is 94.1 Å². The zero-order valence-electron chi connectivity index (χ0n) is 10.6. The number of rotatable bonds is 4. The maximum atomic E-state index is 8.89. The fraction of sp³-hybridized carbons (Fsp3) is 0.923. The first-order valence-corrected chi connectivity index (χ1v) is 5.99. The lowest BCUT2D eigenvalue weighted by Crippen LogP contribution is -2.30. The van der Waals surface area contributed by atoms with Gasteiger partial charge in [-0.05, 0) is 51.5 Å². The van der Waals surface area contributed by atoms with Gasteiger partial charge in [0.15, 0.2) is 0 Å². The number of nitrogens with zero attached hydrogens (tertiary/aromatic N) is 1. The van der Waals surface area contributed by atoms with Gasteiger partial charge in [0.25, 0.3) is 0 Å². The van der Waals surface area contributed by atoms with Crippen molar-refractivity contribution in [1.82, 2.24) is 5.32 Å².